The molecule has 1 aromatic rings. The van der Waals surface area contributed by atoms with E-state index < -0.39 is 0 Å². The van der Waals surface area contributed by atoms with Crippen molar-refractivity contribution in [1.82, 2.24) is 10.2 Å². The number of piperidine rings is 1. The van der Waals surface area contributed by atoms with Crippen LogP contribution in [0.3, 0.4) is 0 Å². The van der Waals surface area contributed by atoms with Gasteiger partial charge in [0.15, 0.2) is 0 Å². The van der Waals surface area contributed by atoms with Crippen molar-refractivity contribution in [2.45, 2.75) is 25.5 Å². The Balaban J connectivity index is 1.67. The summed E-state index contributed by atoms with van der Waals surface area (Å²) >= 11 is 1.65. The van der Waals surface area contributed by atoms with Crippen LogP contribution in [0.15, 0.2) is 17.5 Å². The first-order valence-corrected chi connectivity index (χ1v) is 6.81. The van der Waals surface area contributed by atoms with Crippen molar-refractivity contribution in [2.75, 3.05) is 19.6 Å². The number of amides is 1. The first kappa shape index (κ1) is 12.5. The fourth-order valence-electron chi connectivity index (χ4n) is 1.94. The summed E-state index contributed by atoms with van der Waals surface area (Å²) in [7, 11) is 0. The zero-order valence-corrected chi connectivity index (χ0v) is 10.6. The van der Waals surface area contributed by atoms with Crippen molar-refractivity contribution < 1.29 is 9.90 Å². The minimum atomic E-state index is -0.180. The second-order valence-electron chi connectivity index (χ2n) is 4.36. The topological polar surface area (TPSA) is 52.6 Å². The van der Waals surface area contributed by atoms with Gasteiger partial charge in [-0.3, -0.25) is 9.69 Å². The molecule has 1 saturated heterocycles. The number of aliphatic hydroxyl groups is 1. The summed E-state index contributed by atoms with van der Waals surface area (Å²) in [6.45, 7) is 2.69. The van der Waals surface area contributed by atoms with Gasteiger partial charge in [-0.2, -0.15) is 0 Å². The Morgan fingerprint density at radius 2 is 2.29 bits per heavy atom. The maximum absolute atomic E-state index is 11.7. The molecule has 1 amide bonds. The van der Waals surface area contributed by atoms with Crippen molar-refractivity contribution in [3.05, 3.63) is 22.4 Å². The Kier molecular flexibility index (Phi) is 4.53. The highest BCUT2D eigenvalue weighted by Crippen LogP contribution is 2.10. The lowest BCUT2D eigenvalue weighted by Gasteiger charge is -2.28. The van der Waals surface area contributed by atoms with Crippen LogP contribution in [0.5, 0.6) is 0 Å². The molecule has 2 heterocycles. The van der Waals surface area contributed by atoms with E-state index in [1.54, 1.807) is 11.3 Å². The molecule has 4 nitrogen and oxygen atoms in total. The third kappa shape index (κ3) is 4.11. The molecular weight excluding hydrogens is 236 g/mol. The summed E-state index contributed by atoms with van der Waals surface area (Å²) in [5, 5.41) is 14.3. The number of aliphatic hydroxyl groups excluding tert-OH is 1. The van der Waals surface area contributed by atoms with Gasteiger partial charge in [-0.25, -0.2) is 0 Å². The third-order valence-electron chi connectivity index (χ3n) is 2.96. The van der Waals surface area contributed by atoms with Crippen LogP contribution < -0.4 is 5.32 Å². The molecule has 0 aromatic carbocycles. The van der Waals surface area contributed by atoms with Gasteiger partial charge in [0, 0.05) is 18.0 Å². The predicted molar refractivity (Wildman–Crippen MR) is 67.8 cm³/mol. The van der Waals surface area contributed by atoms with Gasteiger partial charge in [0.05, 0.1) is 19.2 Å². The zero-order valence-electron chi connectivity index (χ0n) is 9.76. The van der Waals surface area contributed by atoms with Crippen molar-refractivity contribution in [1.29, 1.82) is 0 Å². The second-order valence-corrected chi connectivity index (χ2v) is 5.40. The number of nitrogens with one attached hydrogen (secondary N) is 1. The van der Waals surface area contributed by atoms with E-state index in [0.29, 0.717) is 13.1 Å². The Hall–Kier alpha value is -0.910. The summed E-state index contributed by atoms with van der Waals surface area (Å²) in [6.07, 6.45) is 1.37. The fraction of sp³-hybridized carbons (Fsp3) is 0.583. The first-order chi connectivity index (χ1) is 8.24. The lowest BCUT2D eigenvalue weighted by Crippen LogP contribution is -2.42. The van der Waals surface area contributed by atoms with Crippen LogP contribution in [0.25, 0.3) is 0 Å². The predicted octanol–water partition coefficient (Wildman–Crippen LogP) is 0.821. The normalized spacial score (nSPS) is 18.2. The molecule has 0 radical (unpaired) electrons. The molecule has 0 atom stereocenters. The number of likely N-dealkylation sites (tertiary alicyclic amines) is 1. The van der Waals surface area contributed by atoms with Gasteiger partial charge in [-0.05, 0) is 24.3 Å². The van der Waals surface area contributed by atoms with E-state index in [4.69, 9.17) is 0 Å². The molecule has 1 aliphatic rings. The highest BCUT2D eigenvalue weighted by atomic mass is 32.1. The summed E-state index contributed by atoms with van der Waals surface area (Å²) < 4.78 is 0. The van der Waals surface area contributed by atoms with E-state index in [9.17, 15) is 9.90 Å². The van der Waals surface area contributed by atoms with Gasteiger partial charge in [0.1, 0.15) is 0 Å². The van der Waals surface area contributed by atoms with Gasteiger partial charge in [-0.15, -0.1) is 11.3 Å². The number of hydrogen-bond donors (Lipinski definition) is 2. The highest BCUT2D eigenvalue weighted by Gasteiger charge is 2.18. The number of carbonyl (C=O) groups is 1. The van der Waals surface area contributed by atoms with Crippen LogP contribution in [-0.2, 0) is 11.3 Å². The van der Waals surface area contributed by atoms with E-state index in [-0.39, 0.29) is 12.0 Å². The standard InChI is InChI=1S/C12H18N2O2S/c15-10-3-5-14(6-4-10)9-12(16)13-8-11-2-1-7-17-11/h1-2,7,10,15H,3-6,8-9H2,(H,13,16). The van der Waals surface area contributed by atoms with Gasteiger partial charge in [-0.1, -0.05) is 6.07 Å². The number of nitrogens with zero attached hydrogens (tertiary/aromatic N) is 1. The summed E-state index contributed by atoms with van der Waals surface area (Å²) in [5.41, 5.74) is 0. The summed E-state index contributed by atoms with van der Waals surface area (Å²) in [4.78, 5) is 14.9. The fourth-order valence-corrected chi connectivity index (χ4v) is 2.58. The van der Waals surface area contributed by atoms with E-state index >= 15 is 0 Å². The van der Waals surface area contributed by atoms with Crippen molar-refractivity contribution in [3.8, 4) is 0 Å². The van der Waals surface area contributed by atoms with Gasteiger partial charge >= 0.3 is 0 Å². The van der Waals surface area contributed by atoms with Gasteiger partial charge < -0.3 is 10.4 Å². The smallest absolute Gasteiger partial charge is 0.234 e. The number of carbonyl (C=O) groups excluding carboxylic acids is 1. The number of thiophene rings is 1. The van der Waals surface area contributed by atoms with Crippen LogP contribution in [-0.4, -0.2) is 41.7 Å². The molecule has 1 fully saturated rings. The van der Waals surface area contributed by atoms with Crippen molar-refractivity contribution >= 4 is 17.2 Å². The quantitative estimate of drug-likeness (QED) is 0.836. The molecular formula is C12H18N2O2S. The Labute approximate surface area is 105 Å². The maximum Gasteiger partial charge on any atom is 0.234 e. The average molecular weight is 254 g/mol. The Morgan fingerprint density at radius 1 is 1.53 bits per heavy atom. The maximum atomic E-state index is 11.7. The average Bonchev–Trinajstić information content (AvgIpc) is 2.83. The minimum Gasteiger partial charge on any atom is -0.393 e. The van der Waals surface area contributed by atoms with Crippen molar-refractivity contribution in [2.24, 2.45) is 0 Å². The van der Waals surface area contributed by atoms with E-state index in [1.807, 2.05) is 17.5 Å². The minimum absolute atomic E-state index is 0.0646. The number of rotatable bonds is 4. The lowest BCUT2D eigenvalue weighted by atomic mass is 10.1. The van der Waals surface area contributed by atoms with E-state index in [2.05, 4.69) is 10.2 Å². The van der Waals surface area contributed by atoms with Crippen molar-refractivity contribution in [3.63, 3.8) is 0 Å². The third-order valence-corrected chi connectivity index (χ3v) is 3.84. The SMILES string of the molecule is O=C(CN1CCC(O)CC1)NCc1cccs1. The second kappa shape index (κ2) is 6.14. The van der Waals surface area contributed by atoms with Crippen LogP contribution in [0.2, 0.25) is 0 Å². The molecule has 17 heavy (non-hydrogen) atoms. The molecule has 2 rings (SSSR count). The zero-order chi connectivity index (χ0) is 12.1. The lowest BCUT2D eigenvalue weighted by molar-refractivity contribution is -0.122. The molecule has 94 valence electrons. The molecule has 0 unspecified atom stereocenters. The molecule has 0 aliphatic carbocycles. The molecule has 2 N–H and O–H groups in total. The molecule has 0 spiro atoms. The Morgan fingerprint density at radius 3 is 2.94 bits per heavy atom. The Bertz CT molecular complexity index is 345. The largest absolute Gasteiger partial charge is 0.393 e. The van der Waals surface area contributed by atoms with E-state index in [1.165, 1.54) is 4.88 Å². The monoisotopic (exact) mass is 254 g/mol. The molecule has 1 aromatic heterocycles. The van der Waals surface area contributed by atoms with Gasteiger partial charge in [0.2, 0.25) is 5.91 Å². The molecule has 0 bridgehead atoms. The first-order valence-electron chi connectivity index (χ1n) is 5.93. The summed E-state index contributed by atoms with van der Waals surface area (Å²) in [6, 6.07) is 4.00. The molecule has 5 heteroatoms. The highest BCUT2D eigenvalue weighted by molar-refractivity contribution is 7.09. The summed E-state index contributed by atoms with van der Waals surface area (Å²) in [5.74, 6) is 0.0646. The van der Waals surface area contributed by atoms with Crippen LogP contribution in [0.4, 0.5) is 0 Å². The van der Waals surface area contributed by atoms with Crippen LogP contribution >= 0.6 is 11.3 Å². The molecule has 0 saturated carbocycles. The van der Waals surface area contributed by atoms with Crippen LogP contribution in [0, 0.1) is 0 Å². The van der Waals surface area contributed by atoms with E-state index in [0.717, 1.165) is 25.9 Å². The van der Waals surface area contributed by atoms with Crippen LogP contribution in [0.1, 0.15) is 17.7 Å². The molecule has 1 aliphatic heterocycles. The van der Waals surface area contributed by atoms with Gasteiger partial charge in [0.25, 0.3) is 0 Å². The number of hydrogen-bond acceptors (Lipinski definition) is 4.